The highest BCUT2D eigenvalue weighted by Crippen LogP contribution is 2.24. The first-order valence-electron chi connectivity index (χ1n) is 9.63. The Hall–Kier alpha value is -4.15. The van der Waals surface area contributed by atoms with Crippen LogP contribution in [0.1, 0.15) is 16.2 Å². The number of pyridine rings is 2. The van der Waals surface area contributed by atoms with Gasteiger partial charge in [-0.1, -0.05) is 12.1 Å². The van der Waals surface area contributed by atoms with Gasteiger partial charge in [0, 0.05) is 44.4 Å². The molecule has 0 spiro atoms. The first kappa shape index (κ1) is 23.5. The lowest BCUT2D eigenvalue weighted by atomic mass is 10.3. The van der Waals surface area contributed by atoms with Gasteiger partial charge in [-0.05, 0) is 30.3 Å². The van der Waals surface area contributed by atoms with Crippen LogP contribution in [0, 0.1) is 0 Å². The number of imidazole rings is 1. The van der Waals surface area contributed by atoms with E-state index in [1.165, 1.54) is 0 Å². The van der Waals surface area contributed by atoms with E-state index in [1.54, 1.807) is 18.1 Å². The molecule has 0 aromatic carbocycles. The number of amides is 1. The molecule has 0 atom stereocenters. The van der Waals surface area contributed by atoms with Crippen molar-refractivity contribution in [1.82, 2.24) is 23.8 Å². The number of hydrogen-bond donors (Lipinski definition) is 1. The Balaban J connectivity index is 0.000000383. The van der Waals surface area contributed by atoms with E-state index >= 15 is 0 Å². The van der Waals surface area contributed by atoms with Crippen molar-refractivity contribution in [3.63, 3.8) is 0 Å². The molecule has 0 fully saturated rings. The summed E-state index contributed by atoms with van der Waals surface area (Å²) in [4.78, 5) is 32.5. The van der Waals surface area contributed by atoms with Gasteiger partial charge in [0.1, 0.15) is 5.82 Å². The summed E-state index contributed by atoms with van der Waals surface area (Å²) in [6.07, 6.45) is 2.54. The highest BCUT2D eigenvalue weighted by Gasteiger charge is 2.38. The van der Waals surface area contributed by atoms with Gasteiger partial charge in [0.05, 0.1) is 17.8 Å². The highest BCUT2D eigenvalue weighted by atomic mass is 19.4. The third kappa shape index (κ3) is 5.56. The van der Waals surface area contributed by atoms with Crippen molar-refractivity contribution in [2.45, 2.75) is 12.7 Å². The Morgan fingerprint density at radius 1 is 1.09 bits per heavy atom. The van der Waals surface area contributed by atoms with Gasteiger partial charge in [-0.3, -0.25) is 14.2 Å². The Labute approximate surface area is 186 Å². The van der Waals surface area contributed by atoms with Crippen LogP contribution in [0.15, 0.2) is 67.3 Å². The smallest absolute Gasteiger partial charge is 0.475 e. The number of carbonyl (C=O) groups is 2. The molecular weight excluding hydrogens is 439 g/mol. The molecule has 8 nitrogen and oxygen atoms in total. The zero-order chi connectivity index (χ0) is 24.2. The van der Waals surface area contributed by atoms with Crippen molar-refractivity contribution in [3.05, 3.63) is 78.6 Å². The van der Waals surface area contributed by atoms with Gasteiger partial charge in [-0.25, -0.2) is 9.78 Å². The van der Waals surface area contributed by atoms with Crippen LogP contribution in [0.4, 0.5) is 13.2 Å². The van der Waals surface area contributed by atoms with E-state index in [-0.39, 0.29) is 5.91 Å². The van der Waals surface area contributed by atoms with Gasteiger partial charge in [0.25, 0.3) is 5.91 Å². The Kier molecular flexibility index (Phi) is 6.80. The van der Waals surface area contributed by atoms with Crippen LogP contribution in [0.5, 0.6) is 0 Å². The van der Waals surface area contributed by atoms with E-state index in [1.807, 2.05) is 77.1 Å². The van der Waals surface area contributed by atoms with Crippen LogP contribution in [0.3, 0.4) is 0 Å². The number of halogens is 3. The topological polar surface area (TPSA) is 92.7 Å². The number of aryl methyl sites for hydroxylation is 1. The van der Waals surface area contributed by atoms with Crippen molar-refractivity contribution >= 4 is 17.4 Å². The molecular formula is C22H20F3N5O3. The lowest BCUT2D eigenvalue weighted by molar-refractivity contribution is -0.192. The number of fused-ring (bicyclic) bond motifs is 1. The van der Waals surface area contributed by atoms with E-state index < -0.39 is 12.1 Å². The second kappa shape index (κ2) is 9.55. The lowest BCUT2D eigenvalue weighted by Gasteiger charge is -2.15. The van der Waals surface area contributed by atoms with Crippen LogP contribution in [0.25, 0.3) is 16.9 Å². The molecule has 0 unspecified atom stereocenters. The lowest BCUT2D eigenvalue weighted by Crippen LogP contribution is -2.27. The molecule has 11 heteroatoms. The molecule has 4 aromatic rings. The minimum atomic E-state index is -5.08. The number of carbonyl (C=O) groups excluding carboxylic acids is 1. The van der Waals surface area contributed by atoms with E-state index in [2.05, 4.69) is 9.97 Å². The molecule has 1 N–H and O–H groups in total. The van der Waals surface area contributed by atoms with E-state index in [0.29, 0.717) is 12.2 Å². The molecule has 0 aliphatic heterocycles. The molecule has 0 saturated carbocycles. The van der Waals surface area contributed by atoms with Crippen molar-refractivity contribution in [1.29, 1.82) is 0 Å². The van der Waals surface area contributed by atoms with E-state index in [9.17, 15) is 18.0 Å². The minimum absolute atomic E-state index is 0.124. The summed E-state index contributed by atoms with van der Waals surface area (Å²) < 4.78 is 35.7. The minimum Gasteiger partial charge on any atom is -0.475 e. The fourth-order valence-corrected chi connectivity index (χ4v) is 3.02. The standard InChI is InChI=1S/C20H19N5O.C2HF3O2/c1-23-12-9-15(13-23)19-22-18(17-8-4-6-11-25(17)19)20(26)24(2)14-16-7-3-5-10-21-16;3-2(4,5)1(6)7/h3-13H,14H2,1-2H3;(H,6,7). The second-order valence-corrected chi connectivity index (χ2v) is 7.09. The van der Waals surface area contributed by atoms with Crippen molar-refractivity contribution in [2.75, 3.05) is 7.05 Å². The van der Waals surface area contributed by atoms with Gasteiger partial charge in [-0.2, -0.15) is 13.2 Å². The van der Waals surface area contributed by atoms with E-state index in [0.717, 1.165) is 22.6 Å². The molecule has 4 rings (SSSR count). The number of aromatic nitrogens is 4. The zero-order valence-corrected chi connectivity index (χ0v) is 17.7. The first-order valence-corrected chi connectivity index (χ1v) is 9.63. The van der Waals surface area contributed by atoms with Crippen molar-refractivity contribution in [2.24, 2.45) is 7.05 Å². The van der Waals surface area contributed by atoms with Crippen LogP contribution in [-0.4, -0.2) is 54.0 Å². The number of carboxylic acids is 1. The maximum absolute atomic E-state index is 13.0. The van der Waals surface area contributed by atoms with Gasteiger partial charge in [-0.15, -0.1) is 0 Å². The average Bonchev–Trinajstić information content (AvgIpc) is 3.37. The maximum Gasteiger partial charge on any atom is 0.490 e. The second-order valence-electron chi connectivity index (χ2n) is 7.09. The average molecular weight is 459 g/mol. The Morgan fingerprint density at radius 2 is 1.79 bits per heavy atom. The molecule has 1 amide bonds. The van der Waals surface area contributed by atoms with Crippen LogP contribution in [0.2, 0.25) is 0 Å². The number of carboxylic acid groups (broad SMARTS) is 1. The Morgan fingerprint density at radius 3 is 2.36 bits per heavy atom. The molecule has 4 heterocycles. The normalized spacial score (nSPS) is 11.1. The first-order chi connectivity index (χ1) is 15.6. The number of aliphatic carboxylic acids is 1. The molecule has 0 saturated heterocycles. The number of nitrogens with zero attached hydrogens (tertiary/aromatic N) is 5. The van der Waals surface area contributed by atoms with Crippen LogP contribution >= 0.6 is 0 Å². The van der Waals surface area contributed by atoms with Crippen LogP contribution in [-0.2, 0) is 18.4 Å². The summed E-state index contributed by atoms with van der Waals surface area (Å²) in [6.45, 7) is 0.437. The molecule has 4 aromatic heterocycles. The molecule has 172 valence electrons. The number of hydrogen-bond acceptors (Lipinski definition) is 4. The van der Waals surface area contributed by atoms with Gasteiger partial charge in [0.2, 0.25) is 0 Å². The molecule has 0 bridgehead atoms. The predicted molar refractivity (Wildman–Crippen MR) is 113 cm³/mol. The number of rotatable bonds is 4. The third-order valence-electron chi connectivity index (χ3n) is 4.56. The summed E-state index contributed by atoms with van der Waals surface area (Å²) in [6, 6.07) is 13.5. The van der Waals surface area contributed by atoms with Crippen LogP contribution < -0.4 is 0 Å². The van der Waals surface area contributed by atoms with E-state index in [4.69, 9.17) is 9.90 Å². The maximum atomic E-state index is 13.0. The van der Waals surface area contributed by atoms with Crippen molar-refractivity contribution in [3.8, 4) is 11.4 Å². The highest BCUT2D eigenvalue weighted by molar-refractivity contribution is 5.99. The fraction of sp³-hybridized carbons (Fsp3) is 0.182. The molecule has 0 aliphatic rings. The van der Waals surface area contributed by atoms with Gasteiger partial charge < -0.3 is 14.6 Å². The van der Waals surface area contributed by atoms with Crippen molar-refractivity contribution < 1.29 is 27.9 Å². The summed E-state index contributed by atoms with van der Waals surface area (Å²) in [7, 11) is 3.74. The Bertz CT molecular complexity index is 1270. The van der Waals surface area contributed by atoms with Gasteiger partial charge in [0.15, 0.2) is 5.69 Å². The molecule has 0 aliphatic carbocycles. The monoisotopic (exact) mass is 459 g/mol. The molecule has 33 heavy (non-hydrogen) atoms. The SMILES string of the molecule is CN(Cc1ccccn1)C(=O)c1nc(-c2ccn(C)c2)n2ccccc12.O=C(O)C(F)(F)F. The fourth-order valence-electron chi connectivity index (χ4n) is 3.02. The summed E-state index contributed by atoms with van der Waals surface area (Å²) in [5.74, 6) is -2.12. The predicted octanol–water partition coefficient (Wildman–Crippen LogP) is 3.64. The number of alkyl halides is 3. The van der Waals surface area contributed by atoms with Gasteiger partial charge >= 0.3 is 12.1 Å². The third-order valence-corrected chi connectivity index (χ3v) is 4.56. The largest absolute Gasteiger partial charge is 0.490 e. The summed E-state index contributed by atoms with van der Waals surface area (Å²) in [5.41, 5.74) is 3.06. The molecule has 0 radical (unpaired) electrons. The summed E-state index contributed by atoms with van der Waals surface area (Å²) >= 11 is 0. The summed E-state index contributed by atoms with van der Waals surface area (Å²) in [5, 5.41) is 7.12. The zero-order valence-electron chi connectivity index (χ0n) is 17.7. The quantitative estimate of drug-likeness (QED) is 0.503.